The molecular formula is C11H13NO2. The summed E-state index contributed by atoms with van der Waals surface area (Å²) in [5, 5.41) is 10.0. The topological polar surface area (TPSA) is 59.4 Å². The molecule has 0 aliphatic rings. The van der Waals surface area contributed by atoms with Gasteiger partial charge in [0.05, 0.1) is 12.6 Å². The first-order chi connectivity index (χ1) is 6.74. The highest BCUT2D eigenvalue weighted by Crippen LogP contribution is 2.28. The SMILES string of the molecule is Cc1oc2ccccc2c1[C@H](N)CO. The van der Waals surface area contributed by atoms with E-state index in [-0.39, 0.29) is 12.6 Å². The zero-order valence-corrected chi connectivity index (χ0v) is 8.03. The van der Waals surface area contributed by atoms with Crippen LogP contribution in [0.2, 0.25) is 0 Å². The normalized spacial score (nSPS) is 13.4. The molecule has 0 spiro atoms. The number of fused-ring (bicyclic) bond motifs is 1. The van der Waals surface area contributed by atoms with Gasteiger partial charge in [-0.3, -0.25) is 0 Å². The van der Waals surface area contributed by atoms with Gasteiger partial charge in [0.2, 0.25) is 0 Å². The molecule has 1 aromatic heterocycles. The molecule has 0 radical (unpaired) electrons. The molecule has 14 heavy (non-hydrogen) atoms. The fraction of sp³-hybridized carbons (Fsp3) is 0.273. The van der Waals surface area contributed by atoms with Crippen LogP contribution in [0.4, 0.5) is 0 Å². The van der Waals surface area contributed by atoms with Crippen molar-refractivity contribution in [1.29, 1.82) is 0 Å². The summed E-state index contributed by atoms with van der Waals surface area (Å²) in [6, 6.07) is 7.34. The van der Waals surface area contributed by atoms with Crippen molar-refractivity contribution >= 4 is 11.0 Å². The summed E-state index contributed by atoms with van der Waals surface area (Å²) in [5.74, 6) is 0.785. The van der Waals surface area contributed by atoms with Crippen LogP contribution in [0.1, 0.15) is 17.4 Å². The number of para-hydroxylation sites is 1. The van der Waals surface area contributed by atoms with Crippen LogP contribution in [0.3, 0.4) is 0 Å². The predicted octanol–water partition coefficient (Wildman–Crippen LogP) is 1.73. The second-order valence-corrected chi connectivity index (χ2v) is 3.36. The maximum atomic E-state index is 9.02. The van der Waals surface area contributed by atoms with E-state index in [0.717, 1.165) is 22.3 Å². The van der Waals surface area contributed by atoms with E-state index in [9.17, 15) is 0 Å². The summed E-state index contributed by atoms with van der Waals surface area (Å²) in [4.78, 5) is 0. The molecule has 0 amide bonds. The molecule has 1 heterocycles. The molecule has 0 aliphatic heterocycles. The molecule has 74 valence electrons. The Morgan fingerprint density at radius 3 is 2.86 bits per heavy atom. The Morgan fingerprint density at radius 1 is 1.43 bits per heavy atom. The van der Waals surface area contributed by atoms with Crippen LogP contribution < -0.4 is 5.73 Å². The summed E-state index contributed by atoms with van der Waals surface area (Å²) in [6.45, 7) is 1.80. The Morgan fingerprint density at radius 2 is 2.14 bits per heavy atom. The van der Waals surface area contributed by atoms with Gasteiger partial charge in [-0.2, -0.15) is 0 Å². The molecule has 3 N–H and O–H groups in total. The molecule has 0 unspecified atom stereocenters. The Balaban J connectivity index is 2.67. The number of furan rings is 1. The van der Waals surface area contributed by atoms with E-state index in [0.29, 0.717) is 0 Å². The number of hydrogen-bond donors (Lipinski definition) is 2. The van der Waals surface area contributed by atoms with Crippen molar-refractivity contribution in [3.05, 3.63) is 35.6 Å². The van der Waals surface area contributed by atoms with E-state index in [1.807, 2.05) is 31.2 Å². The van der Waals surface area contributed by atoms with Crippen LogP contribution in [-0.2, 0) is 0 Å². The van der Waals surface area contributed by atoms with E-state index in [2.05, 4.69) is 0 Å². The standard InChI is InChI=1S/C11H13NO2/c1-7-11(9(12)6-13)8-4-2-3-5-10(8)14-7/h2-5,9,13H,6,12H2,1H3/t9-/m1/s1. The van der Waals surface area contributed by atoms with E-state index in [4.69, 9.17) is 15.3 Å². The van der Waals surface area contributed by atoms with Gasteiger partial charge in [0, 0.05) is 10.9 Å². The molecule has 0 saturated heterocycles. The van der Waals surface area contributed by atoms with Crippen LogP contribution >= 0.6 is 0 Å². The third-order valence-corrected chi connectivity index (χ3v) is 2.39. The molecule has 0 bridgehead atoms. The molecule has 0 saturated carbocycles. The molecular weight excluding hydrogens is 178 g/mol. The van der Waals surface area contributed by atoms with Crippen LogP contribution in [-0.4, -0.2) is 11.7 Å². The lowest BCUT2D eigenvalue weighted by atomic mass is 10.0. The molecule has 2 aromatic rings. The van der Waals surface area contributed by atoms with Gasteiger partial charge in [0.25, 0.3) is 0 Å². The van der Waals surface area contributed by atoms with Gasteiger partial charge in [0.1, 0.15) is 11.3 Å². The van der Waals surface area contributed by atoms with Crippen LogP contribution in [0.15, 0.2) is 28.7 Å². The lowest BCUT2D eigenvalue weighted by molar-refractivity contribution is 0.267. The summed E-state index contributed by atoms with van der Waals surface area (Å²) in [7, 11) is 0. The quantitative estimate of drug-likeness (QED) is 0.760. The Hall–Kier alpha value is -1.32. The average Bonchev–Trinajstić information content (AvgIpc) is 2.53. The zero-order valence-electron chi connectivity index (χ0n) is 8.03. The molecule has 0 aliphatic carbocycles. The van der Waals surface area contributed by atoms with Crippen molar-refractivity contribution in [2.75, 3.05) is 6.61 Å². The maximum Gasteiger partial charge on any atom is 0.134 e. The number of benzene rings is 1. The van der Waals surface area contributed by atoms with Crippen LogP contribution in [0.25, 0.3) is 11.0 Å². The fourth-order valence-corrected chi connectivity index (χ4v) is 1.74. The minimum atomic E-state index is -0.362. The first-order valence-electron chi connectivity index (χ1n) is 4.58. The lowest BCUT2D eigenvalue weighted by Gasteiger charge is -2.06. The predicted molar refractivity (Wildman–Crippen MR) is 55.0 cm³/mol. The molecule has 1 atom stereocenters. The van der Waals surface area contributed by atoms with Crippen molar-refractivity contribution in [1.82, 2.24) is 0 Å². The number of hydrogen-bond acceptors (Lipinski definition) is 3. The lowest BCUT2D eigenvalue weighted by Crippen LogP contribution is -2.14. The fourth-order valence-electron chi connectivity index (χ4n) is 1.74. The number of aliphatic hydroxyl groups is 1. The van der Waals surface area contributed by atoms with Crippen LogP contribution in [0, 0.1) is 6.92 Å². The molecule has 3 heteroatoms. The van der Waals surface area contributed by atoms with Gasteiger partial charge < -0.3 is 15.3 Å². The van der Waals surface area contributed by atoms with Crippen molar-refractivity contribution in [3.8, 4) is 0 Å². The van der Waals surface area contributed by atoms with Crippen molar-refractivity contribution in [3.63, 3.8) is 0 Å². The smallest absolute Gasteiger partial charge is 0.134 e. The number of nitrogens with two attached hydrogens (primary N) is 1. The van der Waals surface area contributed by atoms with Gasteiger partial charge >= 0.3 is 0 Å². The van der Waals surface area contributed by atoms with Crippen molar-refractivity contribution in [2.24, 2.45) is 5.73 Å². The summed E-state index contributed by atoms with van der Waals surface area (Å²) >= 11 is 0. The van der Waals surface area contributed by atoms with Gasteiger partial charge in [0.15, 0.2) is 0 Å². The molecule has 3 nitrogen and oxygen atoms in total. The summed E-state index contributed by atoms with van der Waals surface area (Å²) in [5.41, 5.74) is 7.52. The minimum absolute atomic E-state index is 0.0651. The third-order valence-electron chi connectivity index (χ3n) is 2.39. The summed E-state index contributed by atoms with van der Waals surface area (Å²) in [6.07, 6.45) is 0. The Kier molecular flexibility index (Phi) is 2.27. The Bertz CT molecular complexity index is 447. The number of aliphatic hydroxyl groups excluding tert-OH is 1. The van der Waals surface area contributed by atoms with Crippen LogP contribution in [0.5, 0.6) is 0 Å². The second kappa shape index (κ2) is 3.44. The van der Waals surface area contributed by atoms with E-state index in [1.54, 1.807) is 0 Å². The van der Waals surface area contributed by atoms with Gasteiger partial charge in [-0.05, 0) is 13.0 Å². The zero-order chi connectivity index (χ0) is 10.1. The molecule has 0 fully saturated rings. The Labute approximate surface area is 82.1 Å². The highest BCUT2D eigenvalue weighted by Gasteiger charge is 2.15. The molecule has 1 aromatic carbocycles. The van der Waals surface area contributed by atoms with E-state index < -0.39 is 0 Å². The van der Waals surface area contributed by atoms with Gasteiger partial charge in [-0.1, -0.05) is 18.2 Å². The van der Waals surface area contributed by atoms with Crippen molar-refractivity contribution in [2.45, 2.75) is 13.0 Å². The van der Waals surface area contributed by atoms with Crippen molar-refractivity contribution < 1.29 is 9.52 Å². The van der Waals surface area contributed by atoms with Gasteiger partial charge in [-0.15, -0.1) is 0 Å². The monoisotopic (exact) mass is 191 g/mol. The van der Waals surface area contributed by atoms with E-state index >= 15 is 0 Å². The maximum absolute atomic E-state index is 9.02. The average molecular weight is 191 g/mol. The largest absolute Gasteiger partial charge is 0.461 e. The second-order valence-electron chi connectivity index (χ2n) is 3.36. The minimum Gasteiger partial charge on any atom is -0.461 e. The summed E-state index contributed by atoms with van der Waals surface area (Å²) < 4.78 is 5.53. The van der Waals surface area contributed by atoms with Gasteiger partial charge in [-0.25, -0.2) is 0 Å². The third kappa shape index (κ3) is 1.31. The highest BCUT2D eigenvalue weighted by molar-refractivity contribution is 5.82. The first-order valence-corrected chi connectivity index (χ1v) is 4.58. The first kappa shape index (κ1) is 9.24. The number of aryl methyl sites for hydroxylation is 1. The number of rotatable bonds is 2. The molecule has 2 rings (SSSR count). The van der Waals surface area contributed by atoms with E-state index in [1.165, 1.54) is 0 Å². The highest BCUT2D eigenvalue weighted by atomic mass is 16.3.